The minimum absolute atomic E-state index is 0.626. The summed E-state index contributed by atoms with van der Waals surface area (Å²) < 4.78 is 11.2. The van der Waals surface area contributed by atoms with E-state index < -0.39 is 6.11 Å². The Labute approximate surface area is 98.6 Å². The minimum atomic E-state index is -2.07. The topological polar surface area (TPSA) is 30.5 Å². The second-order valence-electron chi connectivity index (χ2n) is 2.81. The zero-order chi connectivity index (χ0) is 11.1. The summed E-state index contributed by atoms with van der Waals surface area (Å²) in [5.74, 6) is 0. The van der Waals surface area contributed by atoms with Crippen molar-refractivity contribution in [2.45, 2.75) is 13.8 Å². The van der Waals surface area contributed by atoms with Crippen LogP contribution in [-0.2, 0) is 9.05 Å². The van der Waals surface area contributed by atoms with Crippen LogP contribution in [0.25, 0.3) is 0 Å². The zero-order valence-electron chi connectivity index (χ0n) is 8.97. The maximum atomic E-state index is 5.60. The number of hydrogen-bond acceptors (Lipinski definition) is 3. The van der Waals surface area contributed by atoms with Crippen molar-refractivity contribution >= 4 is 26.9 Å². The average molecular weight is 292 g/mol. The zero-order valence-corrected chi connectivity index (χ0v) is 11.6. The Morgan fingerprint density at radius 2 is 1.67 bits per heavy atom. The van der Waals surface area contributed by atoms with E-state index in [0.717, 1.165) is 5.69 Å². The van der Waals surface area contributed by atoms with Gasteiger partial charge in [0.25, 0.3) is 0 Å². The molecule has 1 rings (SSSR count). The predicted octanol–water partition coefficient (Wildman–Crippen LogP) is 3.02. The molecule has 0 radical (unpaired) electrons. The monoisotopic (exact) mass is 293 g/mol. The molecule has 84 valence electrons. The van der Waals surface area contributed by atoms with E-state index in [2.05, 4.69) is 20.2 Å². The van der Waals surface area contributed by atoms with Crippen LogP contribution in [0.4, 0.5) is 5.69 Å². The molecular weight excluding hydrogens is 276 g/mol. The fraction of sp³-hybridized carbons (Fsp3) is 0.400. The maximum absolute atomic E-state index is 5.60. The Morgan fingerprint density at radius 3 is 2.13 bits per heavy atom. The Hall–Kier alpha value is -0.111. The molecule has 0 heterocycles. The van der Waals surface area contributed by atoms with Crippen LogP contribution in [0.3, 0.4) is 0 Å². The number of benzene rings is 1. The van der Waals surface area contributed by atoms with E-state index in [-0.39, 0.29) is 0 Å². The summed E-state index contributed by atoms with van der Waals surface area (Å²) >= 11 is 3.00. The summed E-state index contributed by atoms with van der Waals surface area (Å²) in [5.41, 5.74) is 1.01. The van der Waals surface area contributed by atoms with Crippen LogP contribution in [0.5, 0.6) is 0 Å². The fourth-order valence-corrected chi connectivity index (χ4v) is 4.45. The van der Waals surface area contributed by atoms with Crippen LogP contribution in [0.15, 0.2) is 30.3 Å². The van der Waals surface area contributed by atoms with Crippen molar-refractivity contribution in [3.05, 3.63) is 30.3 Å². The van der Waals surface area contributed by atoms with E-state index in [9.17, 15) is 0 Å². The van der Waals surface area contributed by atoms with Crippen LogP contribution in [-0.4, -0.2) is 28.3 Å². The van der Waals surface area contributed by atoms with Crippen molar-refractivity contribution in [1.82, 2.24) is 0 Å². The standard InChI is InChI=1S/C10H16NO2PSe/c1-3-12-14(15,13-4-2)11-10-8-6-5-7-9-10/h5-9H,3-4H2,1-2H3,(H,11,15). The van der Waals surface area contributed by atoms with Gasteiger partial charge in [-0.2, -0.15) is 0 Å². The normalized spacial score (nSPS) is 11.3. The van der Waals surface area contributed by atoms with Gasteiger partial charge in [0, 0.05) is 0 Å². The van der Waals surface area contributed by atoms with Gasteiger partial charge >= 0.3 is 98.4 Å². The van der Waals surface area contributed by atoms with Gasteiger partial charge < -0.3 is 0 Å². The van der Waals surface area contributed by atoms with Gasteiger partial charge in [-0.25, -0.2) is 0 Å². The Morgan fingerprint density at radius 1 is 1.13 bits per heavy atom. The number of para-hydroxylation sites is 1. The van der Waals surface area contributed by atoms with E-state index in [4.69, 9.17) is 9.05 Å². The second-order valence-corrected chi connectivity index (χ2v) is 7.57. The predicted molar refractivity (Wildman–Crippen MR) is 66.0 cm³/mol. The number of nitrogens with one attached hydrogen (secondary N) is 1. The molecule has 0 aromatic heterocycles. The van der Waals surface area contributed by atoms with Gasteiger partial charge in [0.2, 0.25) is 0 Å². The molecule has 5 heteroatoms. The first-order valence-electron chi connectivity index (χ1n) is 4.92. The van der Waals surface area contributed by atoms with E-state index in [1.165, 1.54) is 0 Å². The molecule has 1 aromatic rings. The van der Waals surface area contributed by atoms with Crippen molar-refractivity contribution in [2.24, 2.45) is 0 Å². The van der Waals surface area contributed by atoms with Gasteiger partial charge in [0.1, 0.15) is 0 Å². The summed E-state index contributed by atoms with van der Waals surface area (Å²) in [6.07, 6.45) is -2.07. The number of hydrogen-bond donors (Lipinski definition) is 1. The van der Waals surface area contributed by atoms with Gasteiger partial charge in [-0.3, -0.25) is 0 Å². The van der Waals surface area contributed by atoms with Crippen LogP contribution in [0.1, 0.15) is 13.8 Å². The van der Waals surface area contributed by atoms with Gasteiger partial charge in [0.05, 0.1) is 0 Å². The van der Waals surface area contributed by atoms with Crippen LogP contribution < -0.4 is 5.09 Å². The molecule has 1 N–H and O–H groups in total. The SMILES string of the molecule is CCOP(=[Se])(Nc1ccccc1)OCC. The third-order valence-electron chi connectivity index (χ3n) is 1.64. The summed E-state index contributed by atoms with van der Waals surface area (Å²) in [6, 6.07) is 9.91. The van der Waals surface area contributed by atoms with Crippen LogP contribution in [0.2, 0.25) is 0 Å². The molecular formula is C10H16NO2PSe. The molecule has 15 heavy (non-hydrogen) atoms. The summed E-state index contributed by atoms with van der Waals surface area (Å²) in [5, 5.41) is 3.27. The first kappa shape index (κ1) is 13.0. The molecule has 0 aliphatic rings. The molecule has 0 saturated heterocycles. The summed E-state index contributed by atoms with van der Waals surface area (Å²) in [4.78, 5) is 0. The van der Waals surface area contributed by atoms with E-state index in [0.29, 0.717) is 13.2 Å². The van der Waals surface area contributed by atoms with Gasteiger partial charge in [-0.05, 0) is 0 Å². The quantitative estimate of drug-likeness (QED) is 0.646. The third-order valence-corrected chi connectivity index (χ3v) is 5.27. The molecule has 0 fully saturated rings. The van der Waals surface area contributed by atoms with Crippen molar-refractivity contribution in [1.29, 1.82) is 0 Å². The third kappa shape index (κ3) is 4.50. The molecule has 1 aromatic carbocycles. The Balaban J connectivity index is 2.71. The van der Waals surface area contributed by atoms with E-state index >= 15 is 0 Å². The van der Waals surface area contributed by atoms with E-state index in [1.54, 1.807) is 0 Å². The van der Waals surface area contributed by atoms with Crippen molar-refractivity contribution in [2.75, 3.05) is 18.3 Å². The van der Waals surface area contributed by atoms with Gasteiger partial charge in [-0.15, -0.1) is 0 Å². The molecule has 0 bridgehead atoms. The van der Waals surface area contributed by atoms with Crippen molar-refractivity contribution in [3.63, 3.8) is 0 Å². The molecule has 0 spiro atoms. The molecule has 0 saturated carbocycles. The van der Waals surface area contributed by atoms with Gasteiger partial charge in [0.15, 0.2) is 0 Å². The molecule has 3 nitrogen and oxygen atoms in total. The van der Waals surface area contributed by atoms with Crippen molar-refractivity contribution < 1.29 is 9.05 Å². The number of rotatable bonds is 6. The Kier molecular flexibility index (Phi) is 5.59. The molecule has 0 aliphatic heterocycles. The number of anilines is 1. The fourth-order valence-electron chi connectivity index (χ4n) is 1.11. The Bertz CT molecular complexity index is 321. The first-order valence-corrected chi connectivity index (χ1v) is 8.76. The summed E-state index contributed by atoms with van der Waals surface area (Å²) in [6.45, 7) is 5.16. The van der Waals surface area contributed by atoms with E-state index in [1.807, 2.05) is 44.2 Å². The molecule has 0 amide bonds. The van der Waals surface area contributed by atoms with Crippen molar-refractivity contribution in [3.8, 4) is 0 Å². The molecule has 0 atom stereocenters. The van der Waals surface area contributed by atoms with Crippen LogP contribution >= 0.6 is 6.11 Å². The van der Waals surface area contributed by atoms with Crippen LogP contribution in [0, 0.1) is 0 Å². The van der Waals surface area contributed by atoms with Gasteiger partial charge in [-0.1, -0.05) is 0 Å². The second kappa shape index (κ2) is 6.47. The summed E-state index contributed by atoms with van der Waals surface area (Å²) in [7, 11) is 0. The average Bonchev–Trinajstić information content (AvgIpc) is 2.19. The molecule has 0 unspecified atom stereocenters. The first-order chi connectivity index (χ1) is 7.20. The molecule has 0 aliphatic carbocycles.